The number of rotatable bonds is 6. The van der Waals surface area contributed by atoms with Crippen LogP contribution in [0.3, 0.4) is 0 Å². The lowest BCUT2D eigenvalue weighted by Crippen LogP contribution is -2.14. The van der Waals surface area contributed by atoms with Gasteiger partial charge in [-0.15, -0.1) is 0 Å². The van der Waals surface area contributed by atoms with Crippen molar-refractivity contribution in [1.82, 2.24) is 0 Å². The SMILES string of the molecule is COc1ccc(OC)c(NS(=O)(=O)c2ccc(NC(C)=O)c(C)c2)c1. The van der Waals surface area contributed by atoms with Crippen LogP contribution in [0.4, 0.5) is 11.4 Å². The van der Waals surface area contributed by atoms with Crippen molar-refractivity contribution in [1.29, 1.82) is 0 Å². The van der Waals surface area contributed by atoms with Crippen molar-refractivity contribution < 1.29 is 22.7 Å². The average molecular weight is 364 g/mol. The van der Waals surface area contributed by atoms with Crippen LogP contribution in [0.1, 0.15) is 12.5 Å². The van der Waals surface area contributed by atoms with Crippen LogP contribution < -0.4 is 19.5 Å². The van der Waals surface area contributed by atoms with Crippen LogP contribution in [0.15, 0.2) is 41.3 Å². The lowest BCUT2D eigenvalue weighted by Gasteiger charge is -2.14. The van der Waals surface area contributed by atoms with Crippen molar-refractivity contribution in [3.8, 4) is 11.5 Å². The highest BCUT2D eigenvalue weighted by Gasteiger charge is 2.18. The topological polar surface area (TPSA) is 93.7 Å². The lowest BCUT2D eigenvalue weighted by atomic mass is 10.2. The van der Waals surface area contributed by atoms with E-state index >= 15 is 0 Å². The van der Waals surface area contributed by atoms with Crippen molar-refractivity contribution in [2.45, 2.75) is 18.7 Å². The molecule has 0 saturated carbocycles. The van der Waals surface area contributed by atoms with Gasteiger partial charge in [-0.3, -0.25) is 9.52 Å². The molecule has 0 saturated heterocycles. The number of carbonyl (C=O) groups is 1. The Morgan fingerprint density at radius 2 is 1.72 bits per heavy atom. The second-order valence-electron chi connectivity index (χ2n) is 5.33. The van der Waals surface area contributed by atoms with E-state index in [0.717, 1.165) is 0 Å². The van der Waals surface area contributed by atoms with Crippen LogP contribution in [-0.4, -0.2) is 28.5 Å². The molecule has 25 heavy (non-hydrogen) atoms. The molecule has 0 aromatic heterocycles. The quantitative estimate of drug-likeness (QED) is 0.822. The first-order valence-corrected chi connectivity index (χ1v) is 8.88. The molecule has 0 aliphatic rings. The van der Waals surface area contributed by atoms with Gasteiger partial charge in [-0.25, -0.2) is 8.42 Å². The van der Waals surface area contributed by atoms with Crippen LogP contribution in [0.25, 0.3) is 0 Å². The van der Waals surface area contributed by atoms with Crippen LogP contribution in [0, 0.1) is 6.92 Å². The molecule has 0 bridgehead atoms. The second-order valence-corrected chi connectivity index (χ2v) is 7.01. The van der Waals surface area contributed by atoms with Gasteiger partial charge in [-0.2, -0.15) is 0 Å². The maximum atomic E-state index is 12.7. The number of anilines is 2. The molecule has 2 aromatic carbocycles. The molecule has 1 amide bonds. The molecule has 134 valence electrons. The highest BCUT2D eigenvalue weighted by atomic mass is 32.2. The molecule has 0 spiro atoms. The van der Waals surface area contributed by atoms with Crippen molar-refractivity contribution in [2.75, 3.05) is 24.3 Å². The number of benzene rings is 2. The Kier molecular flexibility index (Phi) is 5.53. The van der Waals surface area contributed by atoms with Gasteiger partial charge in [0.15, 0.2) is 0 Å². The average Bonchev–Trinajstić information content (AvgIpc) is 2.55. The fourth-order valence-electron chi connectivity index (χ4n) is 2.23. The van der Waals surface area contributed by atoms with Crippen molar-refractivity contribution >= 4 is 27.3 Å². The first-order chi connectivity index (χ1) is 11.8. The van der Waals surface area contributed by atoms with Crippen LogP contribution in [0.5, 0.6) is 11.5 Å². The molecular formula is C17H20N2O5S. The minimum atomic E-state index is -3.84. The summed E-state index contributed by atoms with van der Waals surface area (Å²) in [5.74, 6) is 0.643. The molecule has 0 unspecified atom stereocenters. The predicted octanol–water partition coefficient (Wildman–Crippen LogP) is 2.77. The van der Waals surface area contributed by atoms with Crippen molar-refractivity contribution in [3.05, 3.63) is 42.0 Å². The summed E-state index contributed by atoms with van der Waals surface area (Å²) in [6, 6.07) is 9.28. The minimum absolute atomic E-state index is 0.0731. The van der Waals surface area contributed by atoms with Crippen LogP contribution >= 0.6 is 0 Å². The zero-order valence-electron chi connectivity index (χ0n) is 14.4. The summed E-state index contributed by atoms with van der Waals surface area (Å²) in [5, 5.41) is 2.64. The zero-order chi connectivity index (χ0) is 18.6. The number of sulfonamides is 1. The van der Waals surface area contributed by atoms with E-state index in [1.807, 2.05) is 0 Å². The summed E-state index contributed by atoms with van der Waals surface area (Å²) in [4.78, 5) is 11.2. The lowest BCUT2D eigenvalue weighted by molar-refractivity contribution is -0.114. The Labute approximate surface area is 147 Å². The molecule has 7 nitrogen and oxygen atoms in total. The van der Waals surface area contributed by atoms with Gasteiger partial charge in [0.25, 0.3) is 10.0 Å². The van der Waals surface area contributed by atoms with Crippen LogP contribution in [0.2, 0.25) is 0 Å². The highest BCUT2D eigenvalue weighted by molar-refractivity contribution is 7.92. The molecule has 0 radical (unpaired) electrons. The molecule has 8 heteroatoms. The van der Waals surface area contributed by atoms with E-state index < -0.39 is 10.0 Å². The van der Waals surface area contributed by atoms with Crippen molar-refractivity contribution in [2.24, 2.45) is 0 Å². The maximum absolute atomic E-state index is 12.7. The largest absolute Gasteiger partial charge is 0.497 e. The Morgan fingerprint density at radius 1 is 1.00 bits per heavy atom. The number of carbonyl (C=O) groups excluding carboxylic acids is 1. The van der Waals surface area contributed by atoms with Gasteiger partial charge in [0.1, 0.15) is 11.5 Å². The fraction of sp³-hybridized carbons (Fsp3) is 0.235. The molecule has 0 aliphatic carbocycles. The number of hydrogen-bond acceptors (Lipinski definition) is 5. The Hall–Kier alpha value is -2.74. The summed E-state index contributed by atoms with van der Waals surface area (Å²) in [7, 11) is -0.896. The molecule has 0 atom stereocenters. The van der Waals surface area contributed by atoms with Gasteiger partial charge in [0.2, 0.25) is 5.91 Å². The molecule has 0 aliphatic heterocycles. The minimum Gasteiger partial charge on any atom is -0.497 e. The molecule has 2 aromatic rings. The van der Waals surface area contributed by atoms with Gasteiger partial charge < -0.3 is 14.8 Å². The number of amides is 1. The standard InChI is InChI=1S/C17H20N2O5S/c1-11-9-14(6-7-15(11)18-12(2)20)25(21,22)19-16-10-13(23-3)5-8-17(16)24-4/h5-10,19H,1-4H3,(H,18,20). The maximum Gasteiger partial charge on any atom is 0.262 e. The summed E-state index contributed by atoms with van der Waals surface area (Å²) < 4.78 is 38.1. The van der Waals surface area contributed by atoms with Gasteiger partial charge in [0.05, 0.1) is 24.8 Å². The third-order valence-electron chi connectivity index (χ3n) is 3.47. The number of ether oxygens (including phenoxy) is 2. The zero-order valence-corrected chi connectivity index (χ0v) is 15.2. The second kappa shape index (κ2) is 7.43. The van der Waals surface area contributed by atoms with Gasteiger partial charge in [-0.05, 0) is 42.8 Å². The Bertz CT molecular complexity index is 894. The molecule has 0 fully saturated rings. The summed E-state index contributed by atoms with van der Waals surface area (Å²) in [6.45, 7) is 3.11. The monoisotopic (exact) mass is 364 g/mol. The Balaban J connectivity index is 2.36. The molecule has 2 rings (SSSR count). The van der Waals surface area contributed by atoms with E-state index in [2.05, 4.69) is 10.0 Å². The van der Waals surface area contributed by atoms with Gasteiger partial charge in [-0.1, -0.05) is 0 Å². The van der Waals surface area contributed by atoms with Gasteiger partial charge >= 0.3 is 0 Å². The van der Waals surface area contributed by atoms with Crippen LogP contribution in [-0.2, 0) is 14.8 Å². The summed E-state index contributed by atoms with van der Waals surface area (Å²) in [6.07, 6.45) is 0. The van der Waals surface area contributed by atoms with E-state index in [-0.39, 0.29) is 16.5 Å². The first-order valence-electron chi connectivity index (χ1n) is 7.40. The molecule has 2 N–H and O–H groups in total. The number of nitrogens with one attached hydrogen (secondary N) is 2. The first kappa shape index (κ1) is 18.6. The van der Waals surface area contributed by atoms with E-state index in [4.69, 9.17) is 9.47 Å². The normalized spacial score (nSPS) is 10.9. The van der Waals surface area contributed by atoms with Gasteiger partial charge in [0, 0.05) is 18.7 Å². The van der Waals surface area contributed by atoms with E-state index in [0.29, 0.717) is 22.7 Å². The van der Waals surface area contributed by atoms with Crippen molar-refractivity contribution in [3.63, 3.8) is 0 Å². The van der Waals surface area contributed by atoms with E-state index in [9.17, 15) is 13.2 Å². The van der Waals surface area contributed by atoms with E-state index in [1.54, 1.807) is 25.1 Å². The number of hydrogen-bond donors (Lipinski definition) is 2. The highest BCUT2D eigenvalue weighted by Crippen LogP contribution is 2.31. The third kappa shape index (κ3) is 4.42. The smallest absolute Gasteiger partial charge is 0.262 e. The molecular weight excluding hydrogens is 344 g/mol. The number of methoxy groups -OCH3 is 2. The number of aryl methyl sites for hydroxylation is 1. The summed E-state index contributed by atoms with van der Waals surface area (Å²) in [5.41, 5.74) is 1.46. The fourth-order valence-corrected chi connectivity index (χ4v) is 3.38. The predicted molar refractivity (Wildman–Crippen MR) is 95.8 cm³/mol. The molecule has 0 heterocycles. The third-order valence-corrected chi connectivity index (χ3v) is 4.83. The Morgan fingerprint density at radius 3 is 2.28 bits per heavy atom. The van der Waals surface area contributed by atoms with E-state index in [1.165, 1.54) is 39.3 Å². The summed E-state index contributed by atoms with van der Waals surface area (Å²) >= 11 is 0.